The van der Waals surface area contributed by atoms with Crippen molar-refractivity contribution in [3.8, 4) is 5.75 Å². The number of ketones is 2. The zero-order chi connectivity index (χ0) is 27.9. The highest BCUT2D eigenvalue weighted by molar-refractivity contribution is 6.49. The van der Waals surface area contributed by atoms with Crippen molar-refractivity contribution in [3.63, 3.8) is 0 Å². The Balaban J connectivity index is 0.000000176. The summed E-state index contributed by atoms with van der Waals surface area (Å²) in [6, 6.07) is 34.5. The largest absolute Gasteiger partial charge is 0.489 e. The molecule has 1 unspecified atom stereocenters. The molecule has 1 aliphatic carbocycles. The number of aromatic nitrogens is 1. The zero-order valence-corrected chi connectivity index (χ0v) is 23.0. The molecule has 4 aromatic carbocycles. The van der Waals surface area contributed by atoms with Crippen molar-refractivity contribution in [3.05, 3.63) is 137 Å². The Kier molecular flexibility index (Phi) is 8.53. The van der Waals surface area contributed by atoms with Gasteiger partial charge in [-0.25, -0.2) is 0 Å². The van der Waals surface area contributed by atoms with Gasteiger partial charge in [-0.05, 0) is 56.6 Å². The molecule has 5 heteroatoms. The number of carbonyl (C=O) groups is 2. The van der Waals surface area contributed by atoms with E-state index in [0.717, 1.165) is 18.6 Å². The Morgan fingerprint density at radius 1 is 0.800 bits per heavy atom. The van der Waals surface area contributed by atoms with E-state index in [4.69, 9.17) is 4.74 Å². The lowest BCUT2D eigenvalue weighted by atomic mass is 9.91. The van der Waals surface area contributed by atoms with E-state index >= 15 is 0 Å². The molecule has 0 bridgehead atoms. The first-order valence-electron chi connectivity index (χ1n) is 13.7. The molecular formula is C35H34N2O3. The number of ether oxygens (including phenoxy) is 1. The molecule has 0 fully saturated rings. The average molecular weight is 531 g/mol. The van der Waals surface area contributed by atoms with Gasteiger partial charge in [-0.3, -0.25) is 9.59 Å². The van der Waals surface area contributed by atoms with Gasteiger partial charge in [0.05, 0.1) is 0 Å². The molecule has 40 heavy (non-hydrogen) atoms. The van der Waals surface area contributed by atoms with Gasteiger partial charge in [0.1, 0.15) is 12.4 Å². The minimum Gasteiger partial charge on any atom is -0.489 e. The van der Waals surface area contributed by atoms with Crippen molar-refractivity contribution in [2.24, 2.45) is 0 Å². The van der Waals surface area contributed by atoms with Crippen LogP contribution in [0.5, 0.6) is 5.75 Å². The van der Waals surface area contributed by atoms with Gasteiger partial charge < -0.3 is 14.6 Å². The molecule has 1 aliphatic rings. The van der Waals surface area contributed by atoms with Gasteiger partial charge in [0.25, 0.3) is 0 Å². The van der Waals surface area contributed by atoms with Gasteiger partial charge in [0, 0.05) is 39.8 Å². The van der Waals surface area contributed by atoms with E-state index < -0.39 is 11.6 Å². The molecule has 0 spiro atoms. The van der Waals surface area contributed by atoms with Crippen molar-refractivity contribution in [1.82, 2.24) is 9.88 Å². The van der Waals surface area contributed by atoms with Gasteiger partial charge in [-0.15, -0.1) is 0 Å². The van der Waals surface area contributed by atoms with Gasteiger partial charge >= 0.3 is 0 Å². The molecule has 1 N–H and O–H groups in total. The van der Waals surface area contributed by atoms with E-state index in [0.29, 0.717) is 23.8 Å². The monoisotopic (exact) mass is 530 g/mol. The number of fused-ring (bicyclic) bond motifs is 3. The fourth-order valence-corrected chi connectivity index (χ4v) is 5.10. The summed E-state index contributed by atoms with van der Waals surface area (Å²) in [5.74, 6) is -0.00675. The van der Waals surface area contributed by atoms with Crippen LogP contribution in [-0.4, -0.2) is 41.6 Å². The van der Waals surface area contributed by atoms with Gasteiger partial charge in [0.15, 0.2) is 0 Å². The smallest absolute Gasteiger partial charge is 0.233 e. The van der Waals surface area contributed by atoms with Crippen LogP contribution in [0, 0.1) is 0 Å². The fraction of sp³-hybridized carbons (Fsp3) is 0.200. The molecule has 0 amide bonds. The lowest BCUT2D eigenvalue weighted by molar-refractivity contribution is 0.0817. The second kappa shape index (κ2) is 12.6. The fourth-order valence-electron chi connectivity index (χ4n) is 5.10. The third-order valence-electron chi connectivity index (χ3n) is 7.39. The highest BCUT2D eigenvalue weighted by atomic mass is 16.5. The van der Waals surface area contributed by atoms with E-state index in [-0.39, 0.29) is 0 Å². The molecule has 0 radical (unpaired) electrons. The molecule has 5 nitrogen and oxygen atoms in total. The SMILES string of the molecule is CN(C)C1CCc2[nH]c3cc(OCc4ccccc4)ccc3c2C1.O=C(C(=O)c1ccccc1)c1ccccc1. The number of aromatic amines is 1. The molecule has 202 valence electrons. The Morgan fingerprint density at radius 2 is 1.38 bits per heavy atom. The van der Waals surface area contributed by atoms with Crippen molar-refractivity contribution in [2.75, 3.05) is 14.1 Å². The molecular weight excluding hydrogens is 496 g/mol. The number of H-pyrrole nitrogens is 1. The maximum absolute atomic E-state index is 11.8. The summed E-state index contributed by atoms with van der Waals surface area (Å²) in [6.45, 7) is 0.607. The van der Waals surface area contributed by atoms with E-state index in [1.807, 2.05) is 30.3 Å². The minimum atomic E-state index is -0.466. The first-order valence-corrected chi connectivity index (χ1v) is 13.7. The summed E-state index contributed by atoms with van der Waals surface area (Å²) in [5, 5.41) is 1.35. The molecule has 1 aromatic heterocycles. The highest BCUT2D eigenvalue weighted by Crippen LogP contribution is 2.32. The van der Waals surface area contributed by atoms with E-state index in [9.17, 15) is 9.59 Å². The van der Waals surface area contributed by atoms with Crippen molar-refractivity contribution in [1.29, 1.82) is 0 Å². The van der Waals surface area contributed by atoms with Crippen LogP contribution in [0.3, 0.4) is 0 Å². The number of Topliss-reactive ketones (excluding diaryl/α,β-unsaturated/α-hetero) is 2. The second-order valence-electron chi connectivity index (χ2n) is 10.3. The molecule has 1 heterocycles. The van der Waals surface area contributed by atoms with Crippen molar-refractivity contribution in [2.45, 2.75) is 31.9 Å². The quantitative estimate of drug-likeness (QED) is 0.183. The predicted octanol–water partition coefficient (Wildman–Crippen LogP) is 6.92. The number of aryl methyl sites for hydroxylation is 1. The number of hydrogen-bond acceptors (Lipinski definition) is 4. The van der Waals surface area contributed by atoms with Crippen LogP contribution in [0.4, 0.5) is 0 Å². The number of nitrogens with zero attached hydrogens (tertiary/aromatic N) is 1. The molecule has 1 atom stereocenters. The van der Waals surface area contributed by atoms with Crippen LogP contribution in [0.15, 0.2) is 109 Å². The van der Waals surface area contributed by atoms with Gasteiger partial charge in [-0.2, -0.15) is 0 Å². The number of rotatable bonds is 7. The average Bonchev–Trinajstić information content (AvgIpc) is 3.38. The number of hydrogen-bond donors (Lipinski definition) is 1. The van der Waals surface area contributed by atoms with Crippen LogP contribution in [-0.2, 0) is 19.4 Å². The Hall–Kier alpha value is -4.48. The molecule has 5 aromatic rings. The van der Waals surface area contributed by atoms with E-state index in [2.05, 4.69) is 54.3 Å². The zero-order valence-electron chi connectivity index (χ0n) is 23.0. The molecule has 0 saturated carbocycles. The number of nitrogens with one attached hydrogen (secondary N) is 1. The maximum atomic E-state index is 11.8. The minimum absolute atomic E-state index is 0.427. The summed E-state index contributed by atoms with van der Waals surface area (Å²) in [5.41, 5.74) is 6.14. The standard InChI is InChI=1S/C21H24N2O.C14H10O2/c1-23(2)16-8-11-20-19(12-16)18-10-9-17(13-21(18)22-20)24-14-15-6-4-3-5-7-15;15-13(11-7-3-1-4-8-11)14(16)12-9-5-2-6-10-12/h3-7,9-10,13,16,22H,8,11-12,14H2,1-2H3;1-10H. The van der Waals surface area contributed by atoms with Crippen LogP contribution in [0.25, 0.3) is 10.9 Å². The summed E-state index contributed by atoms with van der Waals surface area (Å²) in [6.07, 6.45) is 3.49. The van der Waals surface area contributed by atoms with Gasteiger partial charge in [0.2, 0.25) is 11.6 Å². The third kappa shape index (κ3) is 6.38. The summed E-state index contributed by atoms with van der Waals surface area (Å²) >= 11 is 0. The lowest BCUT2D eigenvalue weighted by Gasteiger charge is -2.28. The highest BCUT2D eigenvalue weighted by Gasteiger charge is 2.23. The van der Waals surface area contributed by atoms with Gasteiger partial charge in [-0.1, -0.05) is 91.0 Å². The number of carbonyl (C=O) groups excluding carboxylic acids is 2. The predicted molar refractivity (Wildman–Crippen MR) is 160 cm³/mol. The topological polar surface area (TPSA) is 62.4 Å². The van der Waals surface area contributed by atoms with Crippen LogP contribution in [0.2, 0.25) is 0 Å². The van der Waals surface area contributed by atoms with Crippen LogP contribution < -0.4 is 4.74 Å². The second-order valence-corrected chi connectivity index (χ2v) is 10.3. The number of benzene rings is 4. The molecule has 6 rings (SSSR count). The van der Waals surface area contributed by atoms with E-state index in [1.165, 1.54) is 34.1 Å². The van der Waals surface area contributed by atoms with Crippen LogP contribution in [0.1, 0.15) is 44.0 Å². The molecule has 0 aliphatic heterocycles. The maximum Gasteiger partial charge on any atom is 0.233 e. The van der Waals surface area contributed by atoms with Crippen LogP contribution >= 0.6 is 0 Å². The van der Waals surface area contributed by atoms with E-state index in [1.54, 1.807) is 48.5 Å². The third-order valence-corrected chi connectivity index (χ3v) is 7.39. The summed E-state index contributed by atoms with van der Waals surface area (Å²) in [4.78, 5) is 29.6. The lowest BCUT2D eigenvalue weighted by Crippen LogP contribution is -2.33. The Bertz CT molecular complexity index is 1530. The first-order chi connectivity index (χ1) is 19.5. The van der Waals surface area contributed by atoms with Crippen molar-refractivity contribution < 1.29 is 14.3 Å². The molecule has 0 saturated heterocycles. The normalized spacial score (nSPS) is 14.2. The Morgan fingerprint density at radius 3 is 1.95 bits per heavy atom. The summed E-state index contributed by atoms with van der Waals surface area (Å²) in [7, 11) is 4.36. The van der Waals surface area contributed by atoms with Crippen molar-refractivity contribution >= 4 is 22.5 Å². The Labute approximate surface area is 235 Å². The first kappa shape index (κ1) is 27.1. The number of likely N-dealkylation sites (N-methyl/N-ethyl adjacent to an activating group) is 1. The summed E-state index contributed by atoms with van der Waals surface area (Å²) < 4.78 is 5.96.